The Morgan fingerprint density at radius 2 is 1.62 bits per heavy atom. The van der Waals surface area contributed by atoms with Crippen LogP contribution >= 0.6 is 0 Å². The van der Waals surface area contributed by atoms with Crippen LogP contribution in [0.3, 0.4) is 0 Å². The molecule has 0 aromatic rings. The number of carbonyl (C=O) groups is 1. The van der Waals surface area contributed by atoms with Crippen LogP contribution in [0.1, 0.15) is 27.7 Å². The Morgan fingerprint density at radius 1 is 1.00 bits per heavy atom. The Hall–Kier alpha value is -0.690. The van der Waals surface area contributed by atoms with E-state index in [-0.39, 0.29) is 11.9 Å². The summed E-state index contributed by atoms with van der Waals surface area (Å²) in [4.78, 5) is 19.6. The molecule has 0 radical (unpaired) electrons. The third-order valence-electron chi connectivity index (χ3n) is 5.33. The van der Waals surface area contributed by atoms with E-state index in [9.17, 15) is 4.79 Å². The third kappa shape index (κ3) is 5.69. The molecule has 2 saturated heterocycles. The van der Waals surface area contributed by atoms with Crippen molar-refractivity contribution in [2.24, 2.45) is 5.92 Å². The number of carbonyl (C=O) groups excluding carboxylic acids is 1. The number of likely N-dealkylation sites (N-methyl/N-ethyl adjacent to an activating group) is 1. The molecule has 0 spiro atoms. The lowest BCUT2D eigenvalue weighted by Crippen LogP contribution is -2.57. The van der Waals surface area contributed by atoms with E-state index in [1.165, 1.54) is 0 Å². The second-order valence-electron chi connectivity index (χ2n) is 7.41. The number of hydrogen-bond acceptors (Lipinski definition) is 5. The molecule has 0 aromatic heterocycles. The molecule has 24 heavy (non-hydrogen) atoms. The van der Waals surface area contributed by atoms with Crippen molar-refractivity contribution in [1.82, 2.24) is 20.0 Å². The topological polar surface area (TPSA) is 48.0 Å². The molecular formula is C18H36N4O2. The van der Waals surface area contributed by atoms with E-state index >= 15 is 0 Å². The summed E-state index contributed by atoms with van der Waals surface area (Å²) in [6.45, 7) is 18.1. The molecule has 6 heteroatoms. The van der Waals surface area contributed by atoms with Crippen molar-refractivity contribution in [1.29, 1.82) is 0 Å². The van der Waals surface area contributed by atoms with Gasteiger partial charge in [0.1, 0.15) is 0 Å². The van der Waals surface area contributed by atoms with Gasteiger partial charge in [0.15, 0.2) is 0 Å². The molecule has 0 saturated carbocycles. The van der Waals surface area contributed by atoms with Gasteiger partial charge in [-0.15, -0.1) is 0 Å². The summed E-state index contributed by atoms with van der Waals surface area (Å²) in [7, 11) is 0. The van der Waals surface area contributed by atoms with Gasteiger partial charge in [0, 0.05) is 51.9 Å². The van der Waals surface area contributed by atoms with Gasteiger partial charge in [0.05, 0.1) is 19.3 Å². The molecule has 2 heterocycles. The fourth-order valence-corrected chi connectivity index (χ4v) is 3.47. The number of rotatable bonds is 7. The standard InChI is InChI=1S/C18H36N4O2/c1-5-20-6-8-22(9-7-20)18(23)16(4)19-17(15(2)3)14-21-10-12-24-13-11-21/h15-17,19H,5-14H2,1-4H3. The van der Waals surface area contributed by atoms with Crippen molar-refractivity contribution in [2.75, 3.05) is 65.6 Å². The predicted octanol–water partition coefficient (Wildman–Crippen LogP) is 0.485. The Kier molecular flexibility index (Phi) is 7.94. The van der Waals surface area contributed by atoms with E-state index in [4.69, 9.17) is 4.74 Å². The van der Waals surface area contributed by atoms with E-state index < -0.39 is 0 Å². The molecule has 2 atom stereocenters. The Labute approximate surface area is 147 Å². The molecule has 2 unspecified atom stereocenters. The van der Waals surface area contributed by atoms with E-state index in [2.05, 4.69) is 35.9 Å². The van der Waals surface area contributed by atoms with Gasteiger partial charge < -0.3 is 19.9 Å². The summed E-state index contributed by atoms with van der Waals surface area (Å²) < 4.78 is 5.43. The van der Waals surface area contributed by atoms with Gasteiger partial charge in [-0.2, -0.15) is 0 Å². The zero-order valence-corrected chi connectivity index (χ0v) is 16.0. The first-order chi connectivity index (χ1) is 11.5. The smallest absolute Gasteiger partial charge is 0.239 e. The predicted molar refractivity (Wildman–Crippen MR) is 97.2 cm³/mol. The SMILES string of the molecule is CCN1CCN(C(=O)C(C)NC(CN2CCOCC2)C(C)C)CC1. The summed E-state index contributed by atoms with van der Waals surface area (Å²) in [5.74, 6) is 0.749. The average Bonchev–Trinajstić information content (AvgIpc) is 2.61. The zero-order chi connectivity index (χ0) is 17.5. The van der Waals surface area contributed by atoms with Gasteiger partial charge in [-0.05, 0) is 19.4 Å². The van der Waals surface area contributed by atoms with Crippen LogP contribution in [0.15, 0.2) is 0 Å². The first kappa shape index (κ1) is 19.6. The Balaban J connectivity index is 1.82. The van der Waals surface area contributed by atoms with Crippen molar-refractivity contribution in [2.45, 2.75) is 39.8 Å². The average molecular weight is 341 g/mol. The minimum absolute atomic E-state index is 0.119. The molecule has 2 fully saturated rings. The Morgan fingerprint density at radius 3 is 2.17 bits per heavy atom. The lowest BCUT2D eigenvalue weighted by molar-refractivity contribution is -0.135. The molecule has 1 amide bonds. The minimum Gasteiger partial charge on any atom is -0.379 e. The number of ether oxygens (including phenoxy) is 1. The molecule has 0 bridgehead atoms. The van der Waals surface area contributed by atoms with E-state index in [1.54, 1.807) is 0 Å². The van der Waals surface area contributed by atoms with E-state index in [0.29, 0.717) is 12.0 Å². The van der Waals surface area contributed by atoms with Crippen LogP contribution in [0.5, 0.6) is 0 Å². The first-order valence-electron chi connectivity index (χ1n) is 9.58. The first-order valence-corrected chi connectivity index (χ1v) is 9.58. The maximum atomic E-state index is 12.8. The van der Waals surface area contributed by atoms with E-state index in [0.717, 1.165) is 65.6 Å². The minimum atomic E-state index is -0.119. The van der Waals surface area contributed by atoms with Crippen LogP contribution < -0.4 is 5.32 Å². The molecule has 0 aromatic carbocycles. The summed E-state index contributed by atoms with van der Waals surface area (Å²) in [5, 5.41) is 3.60. The quantitative estimate of drug-likeness (QED) is 0.731. The van der Waals surface area contributed by atoms with Crippen LogP contribution in [-0.2, 0) is 9.53 Å². The van der Waals surface area contributed by atoms with Crippen molar-refractivity contribution < 1.29 is 9.53 Å². The van der Waals surface area contributed by atoms with Crippen molar-refractivity contribution in [3.05, 3.63) is 0 Å². The summed E-state index contributed by atoms with van der Waals surface area (Å²) in [5.41, 5.74) is 0. The summed E-state index contributed by atoms with van der Waals surface area (Å²) in [6, 6.07) is 0.214. The fraction of sp³-hybridized carbons (Fsp3) is 0.944. The largest absolute Gasteiger partial charge is 0.379 e. The summed E-state index contributed by atoms with van der Waals surface area (Å²) in [6.07, 6.45) is 0. The molecule has 0 aliphatic carbocycles. The normalized spacial score (nSPS) is 23.5. The van der Waals surface area contributed by atoms with Crippen LogP contribution in [-0.4, -0.2) is 98.3 Å². The van der Waals surface area contributed by atoms with Crippen molar-refractivity contribution in [3.8, 4) is 0 Å². The molecule has 2 aliphatic rings. The second kappa shape index (κ2) is 9.70. The van der Waals surface area contributed by atoms with Crippen LogP contribution in [0.2, 0.25) is 0 Å². The van der Waals surface area contributed by atoms with E-state index in [1.807, 2.05) is 11.8 Å². The number of hydrogen-bond donors (Lipinski definition) is 1. The van der Waals surface area contributed by atoms with Crippen LogP contribution in [0.4, 0.5) is 0 Å². The van der Waals surface area contributed by atoms with Crippen molar-refractivity contribution in [3.63, 3.8) is 0 Å². The highest BCUT2D eigenvalue weighted by molar-refractivity contribution is 5.81. The zero-order valence-electron chi connectivity index (χ0n) is 16.0. The number of morpholine rings is 1. The molecule has 1 N–H and O–H groups in total. The third-order valence-corrected chi connectivity index (χ3v) is 5.33. The maximum absolute atomic E-state index is 12.8. The van der Waals surface area contributed by atoms with Crippen molar-refractivity contribution >= 4 is 5.91 Å². The highest BCUT2D eigenvalue weighted by Gasteiger charge is 2.27. The lowest BCUT2D eigenvalue weighted by atomic mass is 10.0. The highest BCUT2D eigenvalue weighted by Crippen LogP contribution is 2.10. The second-order valence-corrected chi connectivity index (χ2v) is 7.41. The van der Waals surface area contributed by atoms with Crippen LogP contribution in [0, 0.1) is 5.92 Å². The van der Waals surface area contributed by atoms with Gasteiger partial charge in [-0.1, -0.05) is 20.8 Å². The maximum Gasteiger partial charge on any atom is 0.239 e. The van der Waals surface area contributed by atoms with Gasteiger partial charge in [-0.25, -0.2) is 0 Å². The summed E-state index contributed by atoms with van der Waals surface area (Å²) >= 11 is 0. The fourth-order valence-electron chi connectivity index (χ4n) is 3.47. The molecular weight excluding hydrogens is 304 g/mol. The number of piperazine rings is 1. The number of nitrogens with one attached hydrogen (secondary N) is 1. The van der Waals surface area contributed by atoms with Crippen LogP contribution in [0.25, 0.3) is 0 Å². The molecule has 2 aliphatic heterocycles. The molecule has 6 nitrogen and oxygen atoms in total. The molecule has 140 valence electrons. The Bertz CT molecular complexity index is 377. The van der Waals surface area contributed by atoms with Gasteiger partial charge >= 0.3 is 0 Å². The monoisotopic (exact) mass is 340 g/mol. The number of nitrogens with zero attached hydrogens (tertiary/aromatic N) is 3. The molecule has 2 rings (SSSR count). The van der Waals surface area contributed by atoms with Gasteiger partial charge in [0.2, 0.25) is 5.91 Å². The van der Waals surface area contributed by atoms with Gasteiger partial charge in [0.25, 0.3) is 0 Å². The van der Waals surface area contributed by atoms with Gasteiger partial charge in [-0.3, -0.25) is 9.69 Å². The highest BCUT2D eigenvalue weighted by atomic mass is 16.5. The lowest BCUT2D eigenvalue weighted by Gasteiger charge is -2.37. The number of amides is 1.